The molecule has 1 N–H and O–H groups in total. The van der Waals surface area contributed by atoms with Gasteiger partial charge in [-0.3, -0.25) is 4.90 Å². The second-order valence-corrected chi connectivity index (χ2v) is 2.92. The van der Waals surface area contributed by atoms with Crippen LogP contribution in [0.2, 0.25) is 0 Å². The second-order valence-electron chi connectivity index (χ2n) is 2.92. The van der Waals surface area contributed by atoms with E-state index in [1.54, 1.807) is 11.9 Å². The molecule has 0 radical (unpaired) electrons. The van der Waals surface area contributed by atoms with E-state index in [9.17, 15) is 8.78 Å². The average molecular weight is 164 g/mol. The number of rotatable bonds is 1. The molecule has 0 spiro atoms. The Labute approximate surface area is 65.6 Å². The van der Waals surface area contributed by atoms with Crippen LogP contribution in [-0.4, -0.2) is 44.0 Å². The van der Waals surface area contributed by atoms with E-state index in [1.165, 1.54) is 0 Å². The number of hydrogen-bond donors (Lipinski definition) is 1. The lowest BCUT2D eigenvalue weighted by molar-refractivity contribution is 0.0405. The van der Waals surface area contributed by atoms with Crippen LogP contribution in [0.15, 0.2) is 0 Å². The van der Waals surface area contributed by atoms with Crippen LogP contribution in [0.5, 0.6) is 0 Å². The minimum atomic E-state index is -2.21. The highest BCUT2D eigenvalue weighted by molar-refractivity contribution is 4.76. The molecule has 1 heterocycles. The molecule has 1 fully saturated rings. The maximum absolute atomic E-state index is 12.3. The SMILES string of the molecule is CN1CCNCCC1C(F)F. The maximum Gasteiger partial charge on any atom is 0.253 e. The van der Waals surface area contributed by atoms with Gasteiger partial charge < -0.3 is 5.32 Å². The summed E-state index contributed by atoms with van der Waals surface area (Å²) in [5.74, 6) is 0. The quantitative estimate of drug-likeness (QED) is 0.608. The van der Waals surface area contributed by atoms with E-state index in [2.05, 4.69) is 5.32 Å². The summed E-state index contributed by atoms with van der Waals surface area (Å²) in [7, 11) is 1.75. The smallest absolute Gasteiger partial charge is 0.253 e. The van der Waals surface area contributed by atoms with E-state index < -0.39 is 12.5 Å². The molecule has 0 aromatic heterocycles. The molecule has 0 bridgehead atoms. The molecule has 1 aliphatic rings. The zero-order valence-corrected chi connectivity index (χ0v) is 6.69. The monoisotopic (exact) mass is 164 g/mol. The fraction of sp³-hybridized carbons (Fsp3) is 1.00. The van der Waals surface area contributed by atoms with Gasteiger partial charge in [-0.2, -0.15) is 0 Å². The van der Waals surface area contributed by atoms with Gasteiger partial charge in [-0.25, -0.2) is 8.78 Å². The number of alkyl halides is 2. The van der Waals surface area contributed by atoms with Gasteiger partial charge in [0.25, 0.3) is 6.43 Å². The van der Waals surface area contributed by atoms with Crippen LogP contribution in [-0.2, 0) is 0 Å². The highest BCUT2D eigenvalue weighted by atomic mass is 19.3. The summed E-state index contributed by atoms with van der Waals surface area (Å²) in [5, 5.41) is 3.09. The molecule has 1 aliphatic heterocycles. The van der Waals surface area contributed by atoms with Gasteiger partial charge in [0, 0.05) is 13.1 Å². The largest absolute Gasteiger partial charge is 0.315 e. The Kier molecular flexibility index (Phi) is 3.20. The van der Waals surface area contributed by atoms with Gasteiger partial charge in [-0.1, -0.05) is 0 Å². The van der Waals surface area contributed by atoms with E-state index in [0.717, 1.165) is 13.1 Å². The Morgan fingerprint density at radius 1 is 1.45 bits per heavy atom. The third-order valence-electron chi connectivity index (χ3n) is 2.12. The topological polar surface area (TPSA) is 15.3 Å². The van der Waals surface area contributed by atoms with Crippen LogP contribution >= 0.6 is 0 Å². The van der Waals surface area contributed by atoms with Crippen molar-refractivity contribution < 1.29 is 8.78 Å². The molecule has 1 rings (SSSR count). The predicted octanol–water partition coefficient (Wildman–Crippen LogP) is 0.545. The number of likely N-dealkylation sites (N-methyl/N-ethyl adjacent to an activating group) is 1. The minimum absolute atomic E-state index is 0.550. The fourth-order valence-corrected chi connectivity index (χ4v) is 1.33. The van der Waals surface area contributed by atoms with Crippen molar-refractivity contribution in [1.29, 1.82) is 0 Å². The van der Waals surface area contributed by atoms with Crippen molar-refractivity contribution in [2.24, 2.45) is 0 Å². The molecule has 0 amide bonds. The molecular weight excluding hydrogens is 150 g/mol. The molecule has 0 aliphatic carbocycles. The minimum Gasteiger partial charge on any atom is -0.315 e. The average Bonchev–Trinajstić information content (AvgIpc) is 2.13. The second kappa shape index (κ2) is 3.97. The first kappa shape index (κ1) is 8.87. The number of nitrogens with one attached hydrogen (secondary N) is 1. The standard InChI is InChI=1S/C7H14F2N2/c1-11-5-4-10-3-2-6(11)7(8)9/h6-7,10H,2-5H2,1H3. The summed E-state index contributed by atoms with van der Waals surface area (Å²) in [5.41, 5.74) is 0. The summed E-state index contributed by atoms with van der Waals surface area (Å²) in [6, 6.07) is -0.551. The Bertz CT molecular complexity index is 119. The van der Waals surface area contributed by atoms with Crippen molar-refractivity contribution in [3.63, 3.8) is 0 Å². The zero-order chi connectivity index (χ0) is 8.27. The predicted molar refractivity (Wildman–Crippen MR) is 39.9 cm³/mol. The maximum atomic E-state index is 12.3. The summed E-state index contributed by atoms with van der Waals surface area (Å²) in [6.07, 6.45) is -1.66. The lowest BCUT2D eigenvalue weighted by Crippen LogP contribution is -2.37. The first-order valence-electron chi connectivity index (χ1n) is 3.91. The molecular formula is C7H14F2N2. The van der Waals surface area contributed by atoms with Crippen molar-refractivity contribution in [3.8, 4) is 0 Å². The highest BCUT2D eigenvalue weighted by Gasteiger charge is 2.25. The van der Waals surface area contributed by atoms with E-state index >= 15 is 0 Å². The lowest BCUT2D eigenvalue weighted by Gasteiger charge is -2.23. The lowest BCUT2D eigenvalue weighted by atomic mass is 10.2. The third kappa shape index (κ3) is 2.38. The third-order valence-corrected chi connectivity index (χ3v) is 2.12. The molecule has 11 heavy (non-hydrogen) atoms. The Morgan fingerprint density at radius 2 is 2.18 bits per heavy atom. The molecule has 0 saturated carbocycles. The summed E-state index contributed by atoms with van der Waals surface area (Å²) in [6.45, 7) is 2.24. The first-order chi connectivity index (χ1) is 5.22. The van der Waals surface area contributed by atoms with Gasteiger partial charge in [-0.05, 0) is 20.0 Å². The van der Waals surface area contributed by atoms with Crippen molar-refractivity contribution in [3.05, 3.63) is 0 Å². The van der Waals surface area contributed by atoms with E-state index in [4.69, 9.17) is 0 Å². The van der Waals surface area contributed by atoms with E-state index in [1.807, 2.05) is 0 Å². The molecule has 66 valence electrons. The molecule has 4 heteroatoms. The van der Waals surface area contributed by atoms with Crippen molar-refractivity contribution >= 4 is 0 Å². The molecule has 1 atom stereocenters. The van der Waals surface area contributed by atoms with Crippen molar-refractivity contribution in [2.45, 2.75) is 18.9 Å². The van der Waals surface area contributed by atoms with E-state index in [-0.39, 0.29) is 0 Å². The van der Waals surface area contributed by atoms with E-state index in [0.29, 0.717) is 13.0 Å². The Morgan fingerprint density at radius 3 is 2.82 bits per heavy atom. The van der Waals surface area contributed by atoms with Crippen LogP contribution in [0, 0.1) is 0 Å². The Balaban J connectivity index is 2.45. The van der Waals surface area contributed by atoms with Crippen LogP contribution in [0.1, 0.15) is 6.42 Å². The van der Waals surface area contributed by atoms with Crippen molar-refractivity contribution in [1.82, 2.24) is 10.2 Å². The van der Waals surface area contributed by atoms with Crippen molar-refractivity contribution in [2.75, 3.05) is 26.7 Å². The van der Waals surface area contributed by atoms with Gasteiger partial charge >= 0.3 is 0 Å². The van der Waals surface area contributed by atoms with Crippen LogP contribution in [0.25, 0.3) is 0 Å². The number of nitrogens with zero attached hydrogens (tertiary/aromatic N) is 1. The summed E-state index contributed by atoms with van der Waals surface area (Å²) < 4.78 is 24.6. The first-order valence-corrected chi connectivity index (χ1v) is 3.91. The highest BCUT2D eigenvalue weighted by Crippen LogP contribution is 2.12. The number of halogens is 2. The van der Waals surface area contributed by atoms with Gasteiger partial charge in [0.2, 0.25) is 0 Å². The van der Waals surface area contributed by atoms with Gasteiger partial charge in [-0.15, -0.1) is 0 Å². The summed E-state index contributed by atoms with van der Waals surface area (Å²) >= 11 is 0. The van der Waals surface area contributed by atoms with Gasteiger partial charge in [0.15, 0.2) is 0 Å². The normalized spacial score (nSPS) is 28.9. The molecule has 0 aromatic carbocycles. The molecule has 0 aromatic rings. The van der Waals surface area contributed by atoms with Crippen LogP contribution in [0.4, 0.5) is 8.78 Å². The molecule has 1 saturated heterocycles. The zero-order valence-electron chi connectivity index (χ0n) is 6.69. The fourth-order valence-electron chi connectivity index (χ4n) is 1.33. The number of hydrogen-bond acceptors (Lipinski definition) is 2. The van der Waals surface area contributed by atoms with Gasteiger partial charge in [0.05, 0.1) is 6.04 Å². The Hall–Kier alpha value is -0.220. The van der Waals surface area contributed by atoms with Crippen LogP contribution < -0.4 is 5.32 Å². The summed E-state index contributed by atoms with van der Waals surface area (Å²) in [4.78, 5) is 1.73. The van der Waals surface area contributed by atoms with Crippen LogP contribution in [0.3, 0.4) is 0 Å². The van der Waals surface area contributed by atoms with Gasteiger partial charge in [0.1, 0.15) is 0 Å². The molecule has 1 unspecified atom stereocenters. The molecule has 2 nitrogen and oxygen atoms in total.